The Labute approximate surface area is 154 Å². The fourth-order valence-electron chi connectivity index (χ4n) is 3.89. The maximum Gasteiger partial charge on any atom is 0.161 e. The number of nitrogens with zero attached hydrogens (tertiary/aromatic N) is 1. The van der Waals surface area contributed by atoms with Gasteiger partial charge in [0.15, 0.2) is 11.5 Å². The van der Waals surface area contributed by atoms with Gasteiger partial charge in [0.05, 0.1) is 14.2 Å². The molecule has 0 fully saturated rings. The van der Waals surface area contributed by atoms with Crippen LogP contribution in [0.5, 0.6) is 11.5 Å². The topological polar surface area (TPSA) is 30.8 Å². The maximum absolute atomic E-state index is 5.53. The lowest BCUT2D eigenvalue weighted by atomic mass is 9.84. The number of benzene rings is 3. The average Bonchev–Trinajstić information content (AvgIpc) is 2.71. The predicted octanol–water partition coefficient (Wildman–Crippen LogP) is 5.01. The van der Waals surface area contributed by atoms with Crippen molar-refractivity contribution in [2.24, 2.45) is 4.99 Å². The lowest BCUT2D eigenvalue weighted by Crippen LogP contribution is -2.19. The van der Waals surface area contributed by atoms with Gasteiger partial charge in [-0.3, -0.25) is 4.99 Å². The van der Waals surface area contributed by atoms with Gasteiger partial charge in [-0.1, -0.05) is 49.4 Å². The van der Waals surface area contributed by atoms with Crippen LogP contribution in [0.3, 0.4) is 0 Å². The van der Waals surface area contributed by atoms with Crippen molar-refractivity contribution >= 4 is 16.5 Å². The van der Waals surface area contributed by atoms with E-state index in [0.29, 0.717) is 0 Å². The number of methoxy groups -OCH3 is 2. The third-order valence-electron chi connectivity index (χ3n) is 5.25. The smallest absolute Gasteiger partial charge is 0.161 e. The molecule has 0 aliphatic carbocycles. The number of ether oxygens (including phenoxy) is 2. The van der Waals surface area contributed by atoms with Gasteiger partial charge in [0.25, 0.3) is 0 Å². The summed E-state index contributed by atoms with van der Waals surface area (Å²) in [4.78, 5) is 4.91. The van der Waals surface area contributed by atoms with Crippen molar-refractivity contribution in [3.05, 3.63) is 71.3 Å². The highest BCUT2D eigenvalue weighted by Crippen LogP contribution is 2.36. The second-order valence-corrected chi connectivity index (χ2v) is 6.67. The monoisotopic (exact) mass is 345 g/mol. The minimum atomic E-state index is 0.207. The van der Waals surface area contributed by atoms with Gasteiger partial charge in [0, 0.05) is 23.7 Å². The SMILES string of the molecule is COc1cc2c(cc1OC)C(C(C)c1cccc3ccccc13)=NCC2. The summed E-state index contributed by atoms with van der Waals surface area (Å²) in [5.74, 6) is 1.74. The highest BCUT2D eigenvalue weighted by molar-refractivity contribution is 6.08. The first-order chi connectivity index (χ1) is 12.7. The minimum Gasteiger partial charge on any atom is -0.493 e. The van der Waals surface area contributed by atoms with Gasteiger partial charge in [-0.25, -0.2) is 0 Å². The van der Waals surface area contributed by atoms with Crippen LogP contribution in [0.4, 0.5) is 0 Å². The molecule has 3 aromatic carbocycles. The van der Waals surface area contributed by atoms with E-state index in [2.05, 4.69) is 61.5 Å². The number of rotatable bonds is 4. The first-order valence-electron chi connectivity index (χ1n) is 9.00. The van der Waals surface area contributed by atoms with Crippen molar-refractivity contribution in [2.45, 2.75) is 19.3 Å². The Kier molecular flexibility index (Phi) is 4.37. The summed E-state index contributed by atoms with van der Waals surface area (Å²) in [6.45, 7) is 3.05. The van der Waals surface area contributed by atoms with Crippen LogP contribution in [0.1, 0.15) is 29.5 Å². The van der Waals surface area contributed by atoms with E-state index in [1.165, 1.54) is 27.5 Å². The molecule has 0 saturated carbocycles. The van der Waals surface area contributed by atoms with Crippen LogP contribution in [0.25, 0.3) is 10.8 Å². The molecule has 3 nitrogen and oxygen atoms in total. The highest BCUT2D eigenvalue weighted by atomic mass is 16.5. The molecule has 0 saturated heterocycles. The summed E-state index contributed by atoms with van der Waals surface area (Å²) in [5.41, 5.74) is 4.89. The van der Waals surface area contributed by atoms with E-state index in [-0.39, 0.29) is 5.92 Å². The van der Waals surface area contributed by atoms with Gasteiger partial charge in [0.2, 0.25) is 0 Å². The maximum atomic E-state index is 5.53. The summed E-state index contributed by atoms with van der Waals surface area (Å²) >= 11 is 0. The Morgan fingerprint density at radius 1 is 0.923 bits per heavy atom. The van der Waals surface area contributed by atoms with E-state index in [1.807, 2.05) is 0 Å². The second kappa shape index (κ2) is 6.83. The van der Waals surface area contributed by atoms with Gasteiger partial charge >= 0.3 is 0 Å². The van der Waals surface area contributed by atoms with Gasteiger partial charge in [-0.05, 0) is 40.5 Å². The molecule has 4 rings (SSSR count). The number of aliphatic imine (C=N–C) groups is 1. The van der Waals surface area contributed by atoms with E-state index in [1.54, 1.807) is 14.2 Å². The molecular formula is C23H23NO2. The standard InChI is InChI=1S/C23H23NO2/c1-15(18-10-6-8-16-7-4-5-9-19(16)18)23-20-14-22(26-3)21(25-2)13-17(20)11-12-24-23/h4-10,13-15H,11-12H2,1-3H3. The molecule has 0 aromatic heterocycles. The highest BCUT2D eigenvalue weighted by Gasteiger charge is 2.24. The molecule has 1 heterocycles. The molecule has 132 valence electrons. The molecule has 1 unspecified atom stereocenters. The summed E-state index contributed by atoms with van der Waals surface area (Å²) in [6, 6.07) is 19.2. The average molecular weight is 345 g/mol. The van der Waals surface area contributed by atoms with E-state index < -0.39 is 0 Å². The van der Waals surface area contributed by atoms with E-state index >= 15 is 0 Å². The largest absolute Gasteiger partial charge is 0.493 e. The molecule has 3 heteroatoms. The number of hydrogen-bond acceptors (Lipinski definition) is 3. The lowest BCUT2D eigenvalue weighted by Gasteiger charge is -2.24. The van der Waals surface area contributed by atoms with Crippen molar-refractivity contribution < 1.29 is 9.47 Å². The summed E-state index contributed by atoms with van der Waals surface area (Å²) in [7, 11) is 3.36. The predicted molar refractivity (Wildman–Crippen MR) is 107 cm³/mol. The zero-order chi connectivity index (χ0) is 18.1. The van der Waals surface area contributed by atoms with Crippen molar-refractivity contribution in [2.75, 3.05) is 20.8 Å². The molecule has 1 aliphatic heterocycles. The fourth-order valence-corrected chi connectivity index (χ4v) is 3.89. The van der Waals surface area contributed by atoms with Gasteiger partial charge in [-0.2, -0.15) is 0 Å². The molecule has 26 heavy (non-hydrogen) atoms. The third kappa shape index (κ3) is 2.74. The first kappa shape index (κ1) is 16.6. The van der Waals surface area contributed by atoms with Crippen molar-refractivity contribution in [1.29, 1.82) is 0 Å². The molecule has 0 spiro atoms. The summed E-state index contributed by atoms with van der Waals surface area (Å²) in [5, 5.41) is 2.55. The van der Waals surface area contributed by atoms with Gasteiger partial charge in [0.1, 0.15) is 0 Å². The van der Waals surface area contributed by atoms with Gasteiger partial charge < -0.3 is 9.47 Å². The molecule has 0 N–H and O–H groups in total. The Bertz CT molecular complexity index is 985. The zero-order valence-corrected chi connectivity index (χ0v) is 15.5. The lowest BCUT2D eigenvalue weighted by molar-refractivity contribution is 0.354. The number of fused-ring (bicyclic) bond motifs is 2. The Morgan fingerprint density at radius 2 is 1.65 bits per heavy atom. The van der Waals surface area contributed by atoms with Crippen LogP contribution in [-0.2, 0) is 6.42 Å². The Balaban J connectivity index is 1.83. The molecule has 1 atom stereocenters. The Hall–Kier alpha value is -2.81. The van der Waals surface area contributed by atoms with Crippen molar-refractivity contribution in [3.8, 4) is 11.5 Å². The van der Waals surface area contributed by atoms with Crippen LogP contribution >= 0.6 is 0 Å². The van der Waals surface area contributed by atoms with Crippen molar-refractivity contribution in [3.63, 3.8) is 0 Å². The van der Waals surface area contributed by atoms with Crippen LogP contribution in [-0.4, -0.2) is 26.5 Å². The number of hydrogen-bond donors (Lipinski definition) is 0. The quantitative estimate of drug-likeness (QED) is 0.666. The normalized spacial score (nSPS) is 14.5. The van der Waals surface area contributed by atoms with Crippen LogP contribution in [0.2, 0.25) is 0 Å². The van der Waals surface area contributed by atoms with E-state index in [9.17, 15) is 0 Å². The van der Waals surface area contributed by atoms with Crippen LogP contribution in [0, 0.1) is 0 Å². The third-order valence-corrected chi connectivity index (χ3v) is 5.25. The van der Waals surface area contributed by atoms with E-state index in [4.69, 9.17) is 14.5 Å². The minimum absolute atomic E-state index is 0.207. The summed E-state index contributed by atoms with van der Waals surface area (Å²) in [6.07, 6.45) is 0.932. The zero-order valence-electron chi connectivity index (χ0n) is 15.5. The van der Waals surface area contributed by atoms with E-state index in [0.717, 1.165) is 30.2 Å². The molecule has 0 radical (unpaired) electrons. The molecule has 0 bridgehead atoms. The van der Waals surface area contributed by atoms with Crippen molar-refractivity contribution in [1.82, 2.24) is 0 Å². The Morgan fingerprint density at radius 3 is 2.46 bits per heavy atom. The van der Waals surface area contributed by atoms with Crippen LogP contribution in [0.15, 0.2) is 59.6 Å². The molecule has 0 amide bonds. The molecule has 1 aliphatic rings. The fraction of sp³-hybridized carbons (Fsp3) is 0.261. The molecular weight excluding hydrogens is 322 g/mol. The van der Waals surface area contributed by atoms with Crippen LogP contribution < -0.4 is 9.47 Å². The summed E-state index contributed by atoms with van der Waals surface area (Å²) < 4.78 is 11.0. The van der Waals surface area contributed by atoms with Gasteiger partial charge in [-0.15, -0.1) is 0 Å². The first-order valence-corrected chi connectivity index (χ1v) is 9.00. The second-order valence-electron chi connectivity index (χ2n) is 6.67. The molecule has 3 aromatic rings.